The zero-order valence-corrected chi connectivity index (χ0v) is 8.27. The second-order valence-corrected chi connectivity index (χ2v) is 3.19. The van der Waals surface area contributed by atoms with Gasteiger partial charge in [-0.25, -0.2) is 4.79 Å². The monoisotopic (exact) mass is 190 g/mol. The third kappa shape index (κ3) is 3.52. The van der Waals surface area contributed by atoms with Gasteiger partial charge in [0.2, 0.25) is 0 Å². The lowest BCUT2D eigenvalue weighted by molar-refractivity contribution is -0.143. The van der Waals surface area contributed by atoms with Crippen molar-refractivity contribution in [3.05, 3.63) is 0 Å². The van der Waals surface area contributed by atoms with Crippen molar-refractivity contribution < 1.29 is 9.53 Å². The fourth-order valence-electron chi connectivity index (χ4n) is 0.778. The van der Waals surface area contributed by atoms with Crippen LogP contribution in [-0.2, 0) is 9.53 Å². The molecule has 0 heterocycles. The second kappa shape index (κ2) is 4.92. The first-order valence-electron chi connectivity index (χ1n) is 3.62. The second-order valence-electron chi connectivity index (χ2n) is 2.75. The summed E-state index contributed by atoms with van der Waals surface area (Å²) in [6, 6.07) is -0.451. The third-order valence-corrected chi connectivity index (χ3v) is 1.54. The van der Waals surface area contributed by atoms with Gasteiger partial charge >= 0.3 is 5.97 Å². The number of nitrogens with two attached hydrogens (primary N) is 1. The van der Waals surface area contributed by atoms with Crippen molar-refractivity contribution in [3.8, 4) is 0 Å². The maximum Gasteiger partial charge on any atom is 0.328 e. The molecule has 0 aliphatic heterocycles. The quantitative estimate of drug-likeness (QED) is 0.485. The van der Waals surface area contributed by atoms with Gasteiger partial charge < -0.3 is 15.8 Å². The molecular formula is C7H14N2O2S. The average molecular weight is 190 g/mol. The predicted molar refractivity (Wildman–Crippen MR) is 50.6 cm³/mol. The summed E-state index contributed by atoms with van der Waals surface area (Å²) >= 11 is 4.62. The maximum atomic E-state index is 11.1. The molecule has 0 aromatic carbocycles. The summed E-state index contributed by atoms with van der Waals surface area (Å²) in [5, 5.41) is 2.77. The topological polar surface area (TPSA) is 64.3 Å². The Balaban J connectivity index is 4.23. The molecule has 0 rings (SSSR count). The van der Waals surface area contributed by atoms with Crippen LogP contribution in [0, 0.1) is 5.92 Å². The van der Waals surface area contributed by atoms with Crippen molar-refractivity contribution in [2.45, 2.75) is 19.9 Å². The van der Waals surface area contributed by atoms with Gasteiger partial charge in [0.25, 0.3) is 0 Å². The minimum atomic E-state index is -0.451. The Bertz CT molecular complexity index is 182. The van der Waals surface area contributed by atoms with Gasteiger partial charge in [0, 0.05) is 0 Å². The largest absolute Gasteiger partial charge is 0.467 e. The van der Waals surface area contributed by atoms with Crippen LogP contribution in [0.4, 0.5) is 0 Å². The molecule has 0 aliphatic carbocycles. The van der Waals surface area contributed by atoms with Crippen LogP contribution < -0.4 is 11.1 Å². The Morgan fingerprint density at radius 3 is 2.33 bits per heavy atom. The van der Waals surface area contributed by atoms with E-state index in [4.69, 9.17) is 5.73 Å². The maximum absolute atomic E-state index is 11.1. The smallest absolute Gasteiger partial charge is 0.328 e. The number of esters is 1. The number of nitrogens with one attached hydrogen (secondary N) is 1. The molecule has 0 amide bonds. The van der Waals surface area contributed by atoms with Crippen molar-refractivity contribution >= 4 is 23.3 Å². The van der Waals surface area contributed by atoms with Crippen LogP contribution in [-0.4, -0.2) is 24.2 Å². The summed E-state index contributed by atoms with van der Waals surface area (Å²) in [5.41, 5.74) is 5.24. The Labute approximate surface area is 77.5 Å². The first kappa shape index (κ1) is 11.2. The third-order valence-electron chi connectivity index (χ3n) is 1.42. The molecule has 0 bridgehead atoms. The summed E-state index contributed by atoms with van der Waals surface area (Å²) in [6.45, 7) is 3.76. The number of hydrogen-bond acceptors (Lipinski definition) is 3. The molecule has 12 heavy (non-hydrogen) atoms. The molecular weight excluding hydrogens is 176 g/mol. The molecule has 0 aromatic heterocycles. The molecule has 3 N–H and O–H groups in total. The lowest BCUT2D eigenvalue weighted by Crippen LogP contribution is -2.47. The van der Waals surface area contributed by atoms with Crippen LogP contribution in [0.15, 0.2) is 0 Å². The van der Waals surface area contributed by atoms with E-state index in [1.807, 2.05) is 13.8 Å². The van der Waals surface area contributed by atoms with Crippen molar-refractivity contribution in [2.75, 3.05) is 7.11 Å². The first-order chi connectivity index (χ1) is 5.49. The van der Waals surface area contributed by atoms with E-state index in [-0.39, 0.29) is 17.0 Å². The van der Waals surface area contributed by atoms with Crippen LogP contribution >= 0.6 is 12.2 Å². The number of rotatable bonds is 3. The molecule has 0 aromatic rings. The van der Waals surface area contributed by atoms with Crippen LogP contribution in [0.1, 0.15) is 13.8 Å². The van der Waals surface area contributed by atoms with Crippen molar-refractivity contribution in [3.63, 3.8) is 0 Å². The minimum Gasteiger partial charge on any atom is -0.467 e. The molecule has 0 spiro atoms. The lowest BCUT2D eigenvalue weighted by atomic mass is 10.1. The van der Waals surface area contributed by atoms with E-state index in [9.17, 15) is 4.79 Å². The Morgan fingerprint density at radius 1 is 1.58 bits per heavy atom. The molecule has 0 fully saturated rings. The minimum absolute atomic E-state index is 0.0962. The molecule has 0 radical (unpaired) electrons. The number of carbonyl (C=O) groups excluding carboxylic acids is 1. The van der Waals surface area contributed by atoms with Crippen LogP contribution in [0.2, 0.25) is 0 Å². The first-order valence-corrected chi connectivity index (χ1v) is 4.03. The van der Waals surface area contributed by atoms with E-state index < -0.39 is 6.04 Å². The van der Waals surface area contributed by atoms with Crippen molar-refractivity contribution in [1.29, 1.82) is 0 Å². The predicted octanol–water partition coefficient (Wildman–Crippen LogP) is 0.0172. The normalized spacial score (nSPS) is 12.3. The van der Waals surface area contributed by atoms with Gasteiger partial charge in [0.1, 0.15) is 6.04 Å². The van der Waals surface area contributed by atoms with Gasteiger partial charge in [-0.2, -0.15) is 0 Å². The highest BCUT2D eigenvalue weighted by Crippen LogP contribution is 2.02. The highest BCUT2D eigenvalue weighted by Gasteiger charge is 2.22. The summed E-state index contributed by atoms with van der Waals surface area (Å²) < 4.78 is 4.56. The van der Waals surface area contributed by atoms with Gasteiger partial charge in [0.05, 0.1) is 7.11 Å². The summed E-state index contributed by atoms with van der Waals surface area (Å²) in [6.07, 6.45) is 0. The van der Waals surface area contributed by atoms with Gasteiger partial charge in [-0.15, -0.1) is 0 Å². The van der Waals surface area contributed by atoms with E-state index in [0.29, 0.717) is 0 Å². The lowest BCUT2D eigenvalue weighted by Gasteiger charge is -2.19. The van der Waals surface area contributed by atoms with Gasteiger partial charge in [-0.05, 0) is 18.1 Å². The van der Waals surface area contributed by atoms with Gasteiger partial charge in [-0.1, -0.05) is 13.8 Å². The van der Waals surface area contributed by atoms with E-state index in [0.717, 1.165) is 0 Å². The highest BCUT2D eigenvalue weighted by molar-refractivity contribution is 7.80. The molecule has 1 atom stereocenters. The van der Waals surface area contributed by atoms with Gasteiger partial charge in [0.15, 0.2) is 5.11 Å². The standard InChI is InChI=1S/C7H14N2O2S/c1-4(2)5(6(10)11-3)9-7(8)12/h4-5H,1-3H3,(H3,8,9,12). The van der Waals surface area contributed by atoms with Crippen LogP contribution in [0.5, 0.6) is 0 Å². The fraction of sp³-hybridized carbons (Fsp3) is 0.714. The Hall–Kier alpha value is -0.840. The molecule has 0 saturated carbocycles. The van der Waals surface area contributed by atoms with E-state index >= 15 is 0 Å². The molecule has 5 heteroatoms. The van der Waals surface area contributed by atoms with E-state index in [1.165, 1.54) is 7.11 Å². The fourth-order valence-corrected chi connectivity index (χ4v) is 0.905. The summed E-state index contributed by atoms with van der Waals surface area (Å²) in [5.74, 6) is -0.253. The van der Waals surface area contributed by atoms with Crippen LogP contribution in [0.25, 0.3) is 0 Å². The SMILES string of the molecule is COC(=O)C(NC(N)=S)C(C)C. The highest BCUT2D eigenvalue weighted by atomic mass is 32.1. The van der Waals surface area contributed by atoms with E-state index in [2.05, 4.69) is 22.3 Å². The molecule has 0 saturated heterocycles. The van der Waals surface area contributed by atoms with Crippen molar-refractivity contribution in [1.82, 2.24) is 5.32 Å². The number of thiocarbonyl (C=S) groups is 1. The number of hydrogen-bond donors (Lipinski definition) is 2. The zero-order valence-electron chi connectivity index (χ0n) is 7.46. The number of ether oxygens (including phenoxy) is 1. The number of carbonyl (C=O) groups is 1. The van der Waals surface area contributed by atoms with Gasteiger partial charge in [-0.3, -0.25) is 0 Å². The summed E-state index contributed by atoms with van der Waals surface area (Å²) in [7, 11) is 1.33. The zero-order chi connectivity index (χ0) is 9.72. The molecule has 0 aliphatic rings. The Morgan fingerprint density at radius 2 is 2.08 bits per heavy atom. The molecule has 70 valence electrons. The van der Waals surface area contributed by atoms with E-state index in [1.54, 1.807) is 0 Å². The van der Waals surface area contributed by atoms with Crippen molar-refractivity contribution in [2.24, 2.45) is 11.7 Å². The summed E-state index contributed by atoms with van der Waals surface area (Å²) in [4.78, 5) is 11.1. The molecule has 1 unspecified atom stereocenters. The molecule has 4 nitrogen and oxygen atoms in total. The average Bonchev–Trinajstić information content (AvgIpc) is 1.98. The van der Waals surface area contributed by atoms with Crippen LogP contribution in [0.3, 0.4) is 0 Å². The number of methoxy groups -OCH3 is 1. The Kier molecular flexibility index (Phi) is 4.58.